The molecule has 4 nitrogen and oxygen atoms in total. The van der Waals surface area contributed by atoms with Crippen molar-refractivity contribution in [1.29, 1.82) is 0 Å². The normalized spacial score (nSPS) is 24.7. The Balaban J connectivity index is 2.44. The summed E-state index contributed by atoms with van der Waals surface area (Å²) < 4.78 is 5.39. The van der Waals surface area contributed by atoms with Crippen LogP contribution in [-0.4, -0.2) is 75.4 Å². The molecular formula is C14H31N3O. The first-order valence-corrected chi connectivity index (χ1v) is 7.18. The number of hydrogen-bond donors (Lipinski definition) is 1. The van der Waals surface area contributed by atoms with E-state index < -0.39 is 0 Å². The average molecular weight is 257 g/mol. The Morgan fingerprint density at radius 1 is 1.28 bits per heavy atom. The van der Waals surface area contributed by atoms with Crippen molar-refractivity contribution in [2.45, 2.75) is 32.9 Å². The lowest BCUT2D eigenvalue weighted by Gasteiger charge is -2.42. The molecule has 0 aromatic heterocycles. The lowest BCUT2D eigenvalue weighted by atomic mass is 10.1. The molecule has 1 N–H and O–H groups in total. The maximum absolute atomic E-state index is 5.39. The molecule has 0 bridgehead atoms. The minimum atomic E-state index is 0.498. The first kappa shape index (κ1) is 15.9. The number of nitrogens with one attached hydrogen (secondary N) is 1. The molecule has 4 heteroatoms. The molecule has 1 aliphatic heterocycles. The van der Waals surface area contributed by atoms with Gasteiger partial charge in [-0.05, 0) is 26.4 Å². The second kappa shape index (κ2) is 8.10. The topological polar surface area (TPSA) is 27.7 Å². The van der Waals surface area contributed by atoms with Crippen molar-refractivity contribution in [2.75, 3.05) is 53.5 Å². The lowest BCUT2D eigenvalue weighted by molar-refractivity contribution is 0.0228. The standard InChI is InChI=1S/C14H31N3O/c1-12(2)8-15-9-14(11-18-5)17-7-6-16(4)10-13(17)3/h12-15H,6-11H2,1-5H3. The van der Waals surface area contributed by atoms with Crippen LogP contribution in [0.4, 0.5) is 0 Å². The van der Waals surface area contributed by atoms with Crippen LogP contribution in [0.1, 0.15) is 20.8 Å². The number of hydrogen-bond acceptors (Lipinski definition) is 4. The molecule has 2 atom stereocenters. The predicted octanol–water partition coefficient (Wildman–Crippen LogP) is 0.883. The minimum absolute atomic E-state index is 0.498. The van der Waals surface area contributed by atoms with Gasteiger partial charge in [0.2, 0.25) is 0 Å². The van der Waals surface area contributed by atoms with Gasteiger partial charge in [0.05, 0.1) is 6.61 Å². The van der Waals surface area contributed by atoms with E-state index in [4.69, 9.17) is 4.74 Å². The van der Waals surface area contributed by atoms with Crippen LogP contribution in [0.3, 0.4) is 0 Å². The minimum Gasteiger partial charge on any atom is -0.383 e. The summed E-state index contributed by atoms with van der Waals surface area (Å²) >= 11 is 0. The van der Waals surface area contributed by atoms with E-state index in [0.717, 1.165) is 39.3 Å². The molecule has 108 valence electrons. The van der Waals surface area contributed by atoms with Crippen molar-refractivity contribution in [1.82, 2.24) is 15.1 Å². The van der Waals surface area contributed by atoms with Gasteiger partial charge in [-0.1, -0.05) is 13.8 Å². The number of ether oxygens (including phenoxy) is 1. The fraction of sp³-hybridized carbons (Fsp3) is 1.00. The van der Waals surface area contributed by atoms with Gasteiger partial charge in [0.25, 0.3) is 0 Å². The van der Waals surface area contributed by atoms with Gasteiger partial charge >= 0.3 is 0 Å². The first-order chi connectivity index (χ1) is 8.54. The van der Waals surface area contributed by atoms with Crippen molar-refractivity contribution >= 4 is 0 Å². The van der Waals surface area contributed by atoms with Gasteiger partial charge in [0, 0.05) is 45.4 Å². The fourth-order valence-corrected chi connectivity index (χ4v) is 2.70. The number of rotatable bonds is 7. The molecule has 1 rings (SSSR count). The third kappa shape index (κ3) is 5.22. The van der Waals surface area contributed by atoms with Crippen LogP contribution in [0.5, 0.6) is 0 Å². The maximum atomic E-state index is 5.39. The Morgan fingerprint density at radius 3 is 2.56 bits per heavy atom. The Bertz CT molecular complexity index is 223. The van der Waals surface area contributed by atoms with Gasteiger partial charge in [-0.15, -0.1) is 0 Å². The van der Waals surface area contributed by atoms with Gasteiger partial charge in [0.1, 0.15) is 0 Å². The monoisotopic (exact) mass is 257 g/mol. The van der Waals surface area contributed by atoms with Gasteiger partial charge < -0.3 is 15.0 Å². The quantitative estimate of drug-likeness (QED) is 0.733. The highest BCUT2D eigenvalue weighted by Crippen LogP contribution is 2.12. The number of piperazine rings is 1. The molecule has 1 heterocycles. The van der Waals surface area contributed by atoms with E-state index in [-0.39, 0.29) is 0 Å². The second-order valence-electron chi connectivity index (χ2n) is 6.01. The third-order valence-electron chi connectivity index (χ3n) is 3.64. The average Bonchev–Trinajstić information content (AvgIpc) is 2.28. The summed E-state index contributed by atoms with van der Waals surface area (Å²) in [7, 11) is 4.01. The van der Waals surface area contributed by atoms with E-state index >= 15 is 0 Å². The zero-order valence-electron chi connectivity index (χ0n) is 12.8. The molecular weight excluding hydrogens is 226 g/mol. The fourth-order valence-electron chi connectivity index (χ4n) is 2.70. The predicted molar refractivity (Wildman–Crippen MR) is 77.0 cm³/mol. The summed E-state index contributed by atoms with van der Waals surface area (Å²) in [5, 5.41) is 3.56. The summed E-state index contributed by atoms with van der Waals surface area (Å²) in [6.07, 6.45) is 0. The molecule has 1 aliphatic rings. The zero-order chi connectivity index (χ0) is 13.5. The van der Waals surface area contributed by atoms with Crippen LogP contribution < -0.4 is 5.32 Å². The van der Waals surface area contributed by atoms with E-state index in [1.165, 1.54) is 0 Å². The summed E-state index contributed by atoms with van der Waals surface area (Å²) in [4.78, 5) is 5.00. The summed E-state index contributed by atoms with van der Waals surface area (Å²) in [6.45, 7) is 13.2. The Kier molecular flexibility index (Phi) is 7.15. The van der Waals surface area contributed by atoms with Crippen LogP contribution in [-0.2, 0) is 4.74 Å². The van der Waals surface area contributed by atoms with Gasteiger partial charge in [-0.2, -0.15) is 0 Å². The molecule has 0 saturated carbocycles. The van der Waals surface area contributed by atoms with Crippen LogP contribution in [0.15, 0.2) is 0 Å². The number of likely N-dealkylation sites (N-methyl/N-ethyl adjacent to an activating group) is 1. The Morgan fingerprint density at radius 2 is 2.00 bits per heavy atom. The van der Waals surface area contributed by atoms with Crippen LogP contribution >= 0.6 is 0 Å². The Labute approximate surface area is 113 Å². The van der Waals surface area contributed by atoms with Crippen LogP contribution in [0, 0.1) is 5.92 Å². The van der Waals surface area contributed by atoms with E-state index in [2.05, 4.69) is 42.9 Å². The van der Waals surface area contributed by atoms with E-state index in [9.17, 15) is 0 Å². The SMILES string of the molecule is COCC(CNCC(C)C)N1CCN(C)CC1C. The summed E-state index contributed by atoms with van der Waals surface area (Å²) in [6, 6.07) is 1.11. The van der Waals surface area contributed by atoms with Gasteiger partial charge in [0.15, 0.2) is 0 Å². The molecule has 18 heavy (non-hydrogen) atoms. The molecule has 0 spiro atoms. The molecule has 2 unspecified atom stereocenters. The number of methoxy groups -OCH3 is 1. The van der Waals surface area contributed by atoms with Crippen molar-refractivity contribution in [2.24, 2.45) is 5.92 Å². The van der Waals surface area contributed by atoms with Crippen molar-refractivity contribution in [3.05, 3.63) is 0 Å². The molecule has 0 aliphatic carbocycles. The smallest absolute Gasteiger partial charge is 0.0630 e. The van der Waals surface area contributed by atoms with Gasteiger partial charge in [-0.3, -0.25) is 4.90 Å². The van der Waals surface area contributed by atoms with E-state index in [1.54, 1.807) is 7.11 Å². The van der Waals surface area contributed by atoms with Crippen LogP contribution in [0.25, 0.3) is 0 Å². The highest BCUT2D eigenvalue weighted by molar-refractivity contribution is 4.84. The van der Waals surface area contributed by atoms with Crippen molar-refractivity contribution < 1.29 is 4.74 Å². The van der Waals surface area contributed by atoms with E-state index in [1.807, 2.05) is 0 Å². The molecule has 0 radical (unpaired) electrons. The molecule has 1 saturated heterocycles. The van der Waals surface area contributed by atoms with Crippen molar-refractivity contribution in [3.63, 3.8) is 0 Å². The number of nitrogens with zero attached hydrogens (tertiary/aromatic N) is 2. The highest BCUT2D eigenvalue weighted by Gasteiger charge is 2.27. The molecule has 0 aromatic rings. The summed E-state index contributed by atoms with van der Waals surface area (Å²) in [5.74, 6) is 0.707. The second-order valence-corrected chi connectivity index (χ2v) is 6.01. The van der Waals surface area contributed by atoms with Crippen molar-refractivity contribution in [3.8, 4) is 0 Å². The van der Waals surface area contributed by atoms with E-state index in [0.29, 0.717) is 18.0 Å². The Hall–Kier alpha value is -0.160. The molecule has 0 aromatic carbocycles. The highest BCUT2D eigenvalue weighted by atomic mass is 16.5. The largest absolute Gasteiger partial charge is 0.383 e. The first-order valence-electron chi connectivity index (χ1n) is 7.18. The lowest BCUT2D eigenvalue weighted by Crippen LogP contribution is -2.57. The third-order valence-corrected chi connectivity index (χ3v) is 3.64. The molecule has 0 amide bonds. The zero-order valence-corrected chi connectivity index (χ0v) is 12.8. The van der Waals surface area contributed by atoms with Crippen LogP contribution in [0.2, 0.25) is 0 Å². The molecule has 1 fully saturated rings. The maximum Gasteiger partial charge on any atom is 0.0630 e. The van der Waals surface area contributed by atoms with Gasteiger partial charge in [-0.25, -0.2) is 0 Å². The summed E-state index contributed by atoms with van der Waals surface area (Å²) in [5.41, 5.74) is 0.